The number of allylic oxidation sites excluding steroid dienone is 2. The molecule has 4 rings (SSSR count). The molecular formula is C25H28N2O6S. The van der Waals surface area contributed by atoms with Gasteiger partial charge in [-0.3, -0.25) is 4.90 Å². The lowest BCUT2D eigenvalue weighted by atomic mass is 9.75. The Bertz CT molecular complexity index is 1240. The SMILES string of the molecule is COC(=O)[C@@H]1C[C@]2(CC=C(C)C)c3ccccc3N(S(=O)(=O)c3ccccc3)[C@@H]2N1C(=O)OC. The number of benzene rings is 2. The van der Waals surface area contributed by atoms with Gasteiger partial charge in [0.15, 0.2) is 0 Å². The lowest BCUT2D eigenvalue weighted by Crippen LogP contribution is -2.56. The molecule has 8 nitrogen and oxygen atoms in total. The molecule has 2 aromatic carbocycles. The van der Waals surface area contributed by atoms with Crippen molar-refractivity contribution in [3.05, 3.63) is 71.8 Å². The molecule has 0 saturated carbocycles. The van der Waals surface area contributed by atoms with Gasteiger partial charge < -0.3 is 9.47 Å². The molecular weight excluding hydrogens is 456 g/mol. The minimum atomic E-state index is -4.10. The topological polar surface area (TPSA) is 93.2 Å². The molecule has 2 heterocycles. The number of amides is 1. The minimum Gasteiger partial charge on any atom is -0.467 e. The number of methoxy groups -OCH3 is 2. The number of likely N-dealkylation sites (tertiary alicyclic amines) is 1. The van der Waals surface area contributed by atoms with E-state index in [4.69, 9.17) is 9.47 Å². The second-order valence-electron chi connectivity index (χ2n) is 8.77. The third-order valence-electron chi connectivity index (χ3n) is 6.58. The van der Waals surface area contributed by atoms with Crippen LogP contribution in [-0.2, 0) is 29.7 Å². The monoisotopic (exact) mass is 484 g/mol. The summed E-state index contributed by atoms with van der Waals surface area (Å²) in [6, 6.07) is 14.3. The average Bonchev–Trinajstić information content (AvgIpc) is 3.32. The smallest absolute Gasteiger partial charge is 0.411 e. The molecule has 0 aliphatic carbocycles. The van der Waals surface area contributed by atoms with E-state index in [-0.39, 0.29) is 11.3 Å². The normalized spacial score (nSPS) is 23.2. The third-order valence-corrected chi connectivity index (χ3v) is 8.37. The summed E-state index contributed by atoms with van der Waals surface area (Å²) in [5, 5.41) is 0. The Morgan fingerprint density at radius 1 is 1.03 bits per heavy atom. The van der Waals surface area contributed by atoms with E-state index in [0.717, 1.165) is 11.1 Å². The van der Waals surface area contributed by atoms with Crippen LogP contribution in [0.4, 0.5) is 10.5 Å². The molecule has 1 fully saturated rings. The lowest BCUT2D eigenvalue weighted by Gasteiger charge is -2.37. The molecule has 2 aliphatic heterocycles. The van der Waals surface area contributed by atoms with Crippen molar-refractivity contribution in [1.82, 2.24) is 4.90 Å². The molecule has 0 bridgehead atoms. The van der Waals surface area contributed by atoms with E-state index < -0.39 is 39.7 Å². The zero-order valence-corrected chi connectivity index (χ0v) is 20.4. The fourth-order valence-corrected chi connectivity index (χ4v) is 6.82. The molecule has 2 aromatic rings. The van der Waals surface area contributed by atoms with Crippen LogP contribution in [0.5, 0.6) is 0 Å². The fraction of sp³-hybridized carbons (Fsp3) is 0.360. The van der Waals surface area contributed by atoms with Gasteiger partial charge >= 0.3 is 12.1 Å². The van der Waals surface area contributed by atoms with E-state index in [9.17, 15) is 18.0 Å². The van der Waals surface area contributed by atoms with Crippen molar-refractivity contribution in [2.45, 2.75) is 49.2 Å². The van der Waals surface area contributed by atoms with Gasteiger partial charge in [0.2, 0.25) is 0 Å². The second kappa shape index (κ2) is 8.79. The van der Waals surface area contributed by atoms with E-state index >= 15 is 0 Å². The first-order chi connectivity index (χ1) is 16.2. The first-order valence-corrected chi connectivity index (χ1v) is 12.4. The Balaban J connectivity index is 2.02. The molecule has 0 unspecified atom stereocenters. The highest BCUT2D eigenvalue weighted by Gasteiger charge is 2.66. The summed E-state index contributed by atoms with van der Waals surface area (Å²) in [6.07, 6.45) is 0.833. The largest absolute Gasteiger partial charge is 0.467 e. The fourth-order valence-electron chi connectivity index (χ4n) is 5.11. The van der Waals surface area contributed by atoms with Gasteiger partial charge in [-0.2, -0.15) is 0 Å². The Labute approximate surface area is 199 Å². The zero-order chi connectivity index (χ0) is 24.7. The van der Waals surface area contributed by atoms with E-state index in [1.54, 1.807) is 30.3 Å². The van der Waals surface area contributed by atoms with Crippen molar-refractivity contribution in [1.29, 1.82) is 0 Å². The number of esters is 1. The number of rotatable bonds is 5. The van der Waals surface area contributed by atoms with Gasteiger partial charge in [-0.05, 0) is 50.5 Å². The summed E-state index contributed by atoms with van der Waals surface area (Å²) < 4.78 is 39.4. The predicted molar refractivity (Wildman–Crippen MR) is 127 cm³/mol. The van der Waals surface area contributed by atoms with Crippen LogP contribution < -0.4 is 4.31 Å². The number of hydrogen-bond acceptors (Lipinski definition) is 6. The van der Waals surface area contributed by atoms with Crippen LogP contribution in [-0.4, -0.2) is 51.8 Å². The van der Waals surface area contributed by atoms with Crippen LogP contribution >= 0.6 is 0 Å². The van der Waals surface area contributed by atoms with Gasteiger partial charge in [0.05, 0.1) is 24.8 Å². The van der Waals surface area contributed by atoms with E-state index in [0.29, 0.717) is 12.1 Å². The highest BCUT2D eigenvalue weighted by atomic mass is 32.2. The van der Waals surface area contributed by atoms with Crippen molar-refractivity contribution in [3.63, 3.8) is 0 Å². The van der Waals surface area contributed by atoms with E-state index in [1.165, 1.54) is 35.6 Å². The highest BCUT2D eigenvalue weighted by Crippen LogP contribution is 2.58. The van der Waals surface area contributed by atoms with Gasteiger partial charge in [-0.15, -0.1) is 0 Å². The molecule has 0 N–H and O–H groups in total. The summed E-state index contributed by atoms with van der Waals surface area (Å²) in [7, 11) is -1.64. The van der Waals surface area contributed by atoms with Crippen molar-refractivity contribution in [3.8, 4) is 0 Å². The molecule has 0 aromatic heterocycles. The Kier molecular flexibility index (Phi) is 6.16. The zero-order valence-electron chi connectivity index (χ0n) is 19.6. The molecule has 1 saturated heterocycles. The first kappa shape index (κ1) is 23.8. The number of sulfonamides is 1. The summed E-state index contributed by atoms with van der Waals surface area (Å²) in [6.45, 7) is 3.91. The van der Waals surface area contributed by atoms with Gasteiger partial charge in [-0.1, -0.05) is 48.0 Å². The number of fused-ring (bicyclic) bond motifs is 3. The summed E-state index contributed by atoms with van der Waals surface area (Å²) in [4.78, 5) is 27.2. The summed E-state index contributed by atoms with van der Waals surface area (Å²) in [5.74, 6) is -0.620. The van der Waals surface area contributed by atoms with Crippen LogP contribution in [0.3, 0.4) is 0 Å². The molecule has 2 aliphatic rings. The second-order valence-corrected chi connectivity index (χ2v) is 10.6. The van der Waals surface area contributed by atoms with Crippen LogP contribution in [0.1, 0.15) is 32.3 Å². The molecule has 9 heteroatoms. The maximum Gasteiger partial charge on any atom is 0.411 e. The first-order valence-electron chi connectivity index (χ1n) is 11.0. The van der Waals surface area contributed by atoms with Gasteiger partial charge in [0.25, 0.3) is 10.0 Å². The Morgan fingerprint density at radius 2 is 1.68 bits per heavy atom. The molecule has 0 radical (unpaired) electrons. The van der Waals surface area contributed by atoms with Gasteiger partial charge in [0, 0.05) is 5.41 Å². The summed E-state index contributed by atoms with van der Waals surface area (Å²) >= 11 is 0. The standard InChI is InChI=1S/C25H28N2O6S/c1-17(2)14-15-25-16-21(22(28)32-3)26(24(29)33-4)23(25)27(20-13-9-8-12-19(20)25)34(30,31)18-10-6-5-7-11-18/h5-14,21,23H,15-16H2,1-4H3/t21-,23-,25+/m0/s1. The van der Waals surface area contributed by atoms with Crippen LogP contribution in [0.2, 0.25) is 0 Å². The van der Waals surface area contributed by atoms with Gasteiger partial charge in [-0.25, -0.2) is 22.3 Å². The molecule has 1 amide bonds. The number of anilines is 1. The molecule has 3 atom stereocenters. The van der Waals surface area contributed by atoms with Crippen LogP contribution in [0, 0.1) is 0 Å². The van der Waals surface area contributed by atoms with Crippen molar-refractivity contribution in [2.24, 2.45) is 0 Å². The van der Waals surface area contributed by atoms with E-state index in [1.807, 2.05) is 32.1 Å². The number of para-hydroxylation sites is 1. The van der Waals surface area contributed by atoms with Crippen molar-refractivity contribution >= 4 is 27.8 Å². The number of ether oxygens (including phenoxy) is 2. The van der Waals surface area contributed by atoms with Crippen molar-refractivity contribution < 1.29 is 27.5 Å². The highest BCUT2D eigenvalue weighted by molar-refractivity contribution is 7.92. The van der Waals surface area contributed by atoms with Crippen molar-refractivity contribution in [2.75, 3.05) is 18.5 Å². The molecule has 34 heavy (non-hydrogen) atoms. The predicted octanol–water partition coefficient (Wildman–Crippen LogP) is 3.83. The third kappa shape index (κ3) is 3.55. The van der Waals surface area contributed by atoms with Gasteiger partial charge in [0.1, 0.15) is 12.2 Å². The van der Waals surface area contributed by atoms with Crippen LogP contribution in [0.25, 0.3) is 0 Å². The lowest BCUT2D eigenvalue weighted by molar-refractivity contribution is -0.145. The Morgan fingerprint density at radius 3 is 2.29 bits per heavy atom. The maximum absolute atomic E-state index is 14.0. The molecule has 0 spiro atoms. The quantitative estimate of drug-likeness (QED) is 0.473. The van der Waals surface area contributed by atoms with E-state index in [2.05, 4.69) is 0 Å². The van der Waals surface area contributed by atoms with Crippen LogP contribution in [0.15, 0.2) is 71.1 Å². The molecule has 180 valence electrons. The number of nitrogens with zero attached hydrogens (tertiary/aromatic N) is 2. The maximum atomic E-state index is 14.0. The number of carbonyl (C=O) groups excluding carboxylic acids is 2. The Hall–Kier alpha value is -3.33. The number of hydrogen-bond donors (Lipinski definition) is 0. The number of carbonyl (C=O) groups is 2. The minimum absolute atomic E-state index is 0.0918. The summed E-state index contributed by atoms with van der Waals surface area (Å²) in [5.41, 5.74) is 1.41. The average molecular weight is 485 g/mol.